The second kappa shape index (κ2) is 22.2. The third kappa shape index (κ3) is 16.9. The number of rotatable bonds is 24. The second-order valence-corrected chi connectivity index (χ2v) is 10.9. The van der Waals surface area contributed by atoms with Crippen LogP contribution >= 0.6 is 11.6 Å². The fourth-order valence-electron chi connectivity index (χ4n) is 4.94. The normalized spacial score (nSPS) is 17.0. The molecule has 0 radical (unpaired) electrons. The van der Waals surface area contributed by atoms with Crippen molar-refractivity contribution in [1.82, 2.24) is 4.90 Å². The third-order valence-electron chi connectivity index (χ3n) is 7.13. The van der Waals surface area contributed by atoms with Gasteiger partial charge in [0.2, 0.25) is 0 Å². The van der Waals surface area contributed by atoms with E-state index in [4.69, 9.17) is 11.6 Å². The molecule has 0 amide bonds. The van der Waals surface area contributed by atoms with Crippen molar-refractivity contribution in [1.29, 1.82) is 0 Å². The number of halogens is 1. The summed E-state index contributed by atoms with van der Waals surface area (Å²) < 4.78 is 0. The van der Waals surface area contributed by atoms with E-state index in [-0.39, 0.29) is 5.50 Å². The van der Waals surface area contributed by atoms with Crippen molar-refractivity contribution in [2.75, 3.05) is 13.1 Å². The maximum Gasteiger partial charge on any atom is 0.143 e. The van der Waals surface area contributed by atoms with Gasteiger partial charge in [-0.15, -0.1) is 0 Å². The van der Waals surface area contributed by atoms with Crippen LogP contribution in [0.15, 0.2) is 4.99 Å². The van der Waals surface area contributed by atoms with Crippen LogP contribution in [0.5, 0.6) is 0 Å². The zero-order chi connectivity index (χ0) is 24.0. The van der Waals surface area contributed by atoms with Gasteiger partial charge in [-0.25, -0.2) is 4.99 Å². The molecule has 2 atom stereocenters. The summed E-state index contributed by atoms with van der Waals surface area (Å²) in [6.45, 7) is 6.21. The minimum absolute atomic E-state index is 0.184. The Hall–Kier alpha value is -0.280. The van der Waals surface area contributed by atoms with Gasteiger partial charge in [0, 0.05) is 6.54 Å². The lowest BCUT2D eigenvalue weighted by molar-refractivity contribution is 0.208. The first-order valence-electron chi connectivity index (χ1n) is 14.8. The first kappa shape index (κ1) is 30.8. The zero-order valence-corrected chi connectivity index (χ0v) is 23.1. The molecule has 0 aromatic carbocycles. The topological polar surface area (TPSA) is 35.8 Å². The van der Waals surface area contributed by atoms with Crippen LogP contribution in [-0.4, -0.2) is 40.5 Å². The van der Waals surface area contributed by atoms with Gasteiger partial charge in [0.1, 0.15) is 17.4 Å². The second-order valence-electron chi connectivity index (χ2n) is 10.4. The number of aliphatic imine (C=N–C) groups is 1. The lowest BCUT2D eigenvalue weighted by Gasteiger charge is -2.23. The molecule has 0 saturated carbocycles. The summed E-state index contributed by atoms with van der Waals surface area (Å²) in [5, 5.41) is 10.5. The minimum Gasteiger partial charge on any atom is -0.385 e. The van der Waals surface area contributed by atoms with Gasteiger partial charge in [-0.2, -0.15) is 0 Å². The molecular weight excluding hydrogens is 428 g/mol. The highest BCUT2D eigenvalue weighted by Gasteiger charge is 2.27. The highest BCUT2D eigenvalue weighted by atomic mass is 35.5. The Labute approximate surface area is 212 Å². The number of unbranched alkanes of at least 4 members (excludes halogenated alkanes) is 19. The number of hydrogen-bond donors (Lipinski definition) is 1. The van der Waals surface area contributed by atoms with E-state index in [0.717, 1.165) is 44.6 Å². The highest BCUT2D eigenvalue weighted by molar-refractivity contribution is 6.22. The SMILES string of the molecule is CCCCCCCCCCCCCCCCCCCCCC(O)C1=NC(Cl)CN1CCCC. The molecule has 0 fully saturated rings. The summed E-state index contributed by atoms with van der Waals surface area (Å²) in [4.78, 5) is 6.68. The third-order valence-corrected chi connectivity index (χ3v) is 7.36. The van der Waals surface area contributed by atoms with E-state index < -0.39 is 6.10 Å². The quantitative estimate of drug-likeness (QED) is 0.0841. The van der Waals surface area contributed by atoms with E-state index in [1.54, 1.807) is 0 Å². The molecule has 0 spiro atoms. The molecule has 3 nitrogen and oxygen atoms in total. The van der Waals surface area contributed by atoms with Crippen molar-refractivity contribution in [3.63, 3.8) is 0 Å². The van der Waals surface area contributed by atoms with Crippen molar-refractivity contribution in [2.45, 2.75) is 167 Å². The maximum absolute atomic E-state index is 10.5. The van der Waals surface area contributed by atoms with Crippen LogP contribution in [-0.2, 0) is 0 Å². The van der Waals surface area contributed by atoms with Crippen molar-refractivity contribution in [3.8, 4) is 0 Å². The van der Waals surface area contributed by atoms with Crippen LogP contribution in [0.3, 0.4) is 0 Å². The molecule has 2 unspecified atom stereocenters. The molecule has 196 valence electrons. The first-order chi connectivity index (χ1) is 16.2. The Morgan fingerprint density at radius 1 is 0.697 bits per heavy atom. The predicted molar refractivity (Wildman–Crippen MR) is 148 cm³/mol. The van der Waals surface area contributed by atoms with Gasteiger partial charge in [0.15, 0.2) is 0 Å². The van der Waals surface area contributed by atoms with E-state index in [0.29, 0.717) is 0 Å². The fourth-order valence-corrected chi connectivity index (χ4v) is 5.20. The van der Waals surface area contributed by atoms with Crippen LogP contribution in [0, 0.1) is 0 Å². The minimum atomic E-state index is -0.434. The molecule has 4 heteroatoms. The van der Waals surface area contributed by atoms with Gasteiger partial charge in [0.05, 0.1) is 6.54 Å². The van der Waals surface area contributed by atoms with Gasteiger partial charge in [-0.1, -0.05) is 154 Å². The van der Waals surface area contributed by atoms with E-state index in [1.165, 1.54) is 116 Å². The van der Waals surface area contributed by atoms with E-state index in [2.05, 4.69) is 23.7 Å². The summed E-state index contributed by atoms with van der Waals surface area (Å²) in [6, 6.07) is 0. The van der Waals surface area contributed by atoms with Crippen LogP contribution in [0.4, 0.5) is 0 Å². The van der Waals surface area contributed by atoms with Crippen molar-refractivity contribution < 1.29 is 5.11 Å². The summed E-state index contributed by atoms with van der Waals surface area (Å²) in [5.74, 6) is 0.839. The van der Waals surface area contributed by atoms with E-state index >= 15 is 0 Å². The molecule has 1 rings (SSSR count). The number of alkyl halides is 1. The van der Waals surface area contributed by atoms with E-state index in [9.17, 15) is 5.11 Å². The smallest absolute Gasteiger partial charge is 0.143 e. The summed E-state index contributed by atoms with van der Waals surface area (Å²) in [7, 11) is 0. The monoisotopic (exact) mass is 484 g/mol. The Bertz CT molecular complexity index is 457. The largest absolute Gasteiger partial charge is 0.385 e. The molecule has 0 aliphatic carbocycles. The van der Waals surface area contributed by atoms with Crippen LogP contribution in [0.25, 0.3) is 0 Å². The zero-order valence-electron chi connectivity index (χ0n) is 22.3. The summed E-state index contributed by atoms with van der Waals surface area (Å²) in [5.41, 5.74) is -0.184. The molecular formula is C29H57ClN2O. The average Bonchev–Trinajstić information content (AvgIpc) is 3.19. The fraction of sp³-hybridized carbons (Fsp3) is 0.966. The molecule has 33 heavy (non-hydrogen) atoms. The molecule has 1 N–H and O–H groups in total. The van der Waals surface area contributed by atoms with Gasteiger partial charge < -0.3 is 10.0 Å². The van der Waals surface area contributed by atoms with Crippen molar-refractivity contribution in [2.24, 2.45) is 4.99 Å². The molecule has 0 aromatic heterocycles. The Kier molecular flexibility index (Phi) is 20.7. The first-order valence-corrected chi connectivity index (χ1v) is 15.3. The Morgan fingerprint density at radius 3 is 1.52 bits per heavy atom. The number of hydrogen-bond acceptors (Lipinski definition) is 3. The predicted octanol–water partition coefficient (Wildman–Crippen LogP) is 9.25. The van der Waals surface area contributed by atoms with E-state index in [1.807, 2.05) is 0 Å². The molecule has 1 heterocycles. The molecule has 0 saturated heterocycles. The molecule has 1 aliphatic rings. The van der Waals surface area contributed by atoms with Crippen LogP contribution in [0.1, 0.15) is 155 Å². The molecule has 0 bridgehead atoms. The Morgan fingerprint density at radius 2 is 1.09 bits per heavy atom. The summed E-state index contributed by atoms with van der Waals surface area (Å²) in [6.07, 6.45) is 29.2. The number of nitrogens with zero attached hydrogens (tertiary/aromatic N) is 2. The summed E-state index contributed by atoms with van der Waals surface area (Å²) >= 11 is 6.20. The maximum atomic E-state index is 10.5. The van der Waals surface area contributed by atoms with Gasteiger partial charge >= 0.3 is 0 Å². The van der Waals surface area contributed by atoms with Crippen LogP contribution in [0.2, 0.25) is 0 Å². The lowest BCUT2D eigenvalue weighted by atomic mass is 10.0. The number of aliphatic hydroxyl groups excluding tert-OH is 1. The van der Waals surface area contributed by atoms with Crippen molar-refractivity contribution in [3.05, 3.63) is 0 Å². The number of aliphatic hydroxyl groups is 1. The van der Waals surface area contributed by atoms with Gasteiger partial charge in [-0.3, -0.25) is 0 Å². The van der Waals surface area contributed by atoms with Crippen molar-refractivity contribution >= 4 is 17.4 Å². The number of amidine groups is 1. The van der Waals surface area contributed by atoms with Gasteiger partial charge in [0.25, 0.3) is 0 Å². The molecule has 1 aliphatic heterocycles. The Balaban J connectivity index is 1.83. The van der Waals surface area contributed by atoms with Gasteiger partial charge in [-0.05, 0) is 12.8 Å². The molecule has 0 aromatic rings. The lowest BCUT2D eigenvalue weighted by Crippen LogP contribution is -2.37. The van der Waals surface area contributed by atoms with Crippen LogP contribution < -0.4 is 0 Å². The highest BCUT2D eigenvalue weighted by Crippen LogP contribution is 2.19. The average molecular weight is 485 g/mol. The standard InChI is InChI=1S/C29H57ClN2O/c1-3-5-7-8-9-10-11-12-13-14-15-16-17-18-19-20-21-22-23-24-27(33)29-31-28(30)26-32(29)25-6-4-2/h27-28,33H,3-26H2,1-2H3.